The van der Waals surface area contributed by atoms with Crippen LogP contribution in [0.15, 0.2) is 18.3 Å². The molecule has 0 unspecified atom stereocenters. The second-order valence-corrected chi connectivity index (χ2v) is 5.01. The van der Waals surface area contributed by atoms with Crippen LogP contribution in [0.4, 0.5) is 0 Å². The van der Waals surface area contributed by atoms with Crippen molar-refractivity contribution < 1.29 is 9.84 Å². The number of hydrogen-bond donors (Lipinski definition) is 2. The van der Waals surface area contributed by atoms with Gasteiger partial charge in [-0.3, -0.25) is 0 Å². The molecule has 18 heavy (non-hydrogen) atoms. The van der Waals surface area contributed by atoms with E-state index in [1.807, 2.05) is 18.3 Å². The van der Waals surface area contributed by atoms with Gasteiger partial charge in [0.25, 0.3) is 0 Å². The van der Waals surface area contributed by atoms with Crippen LogP contribution in [0.25, 0.3) is 0 Å². The number of hydrogen-bond acceptors (Lipinski definition) is 4. The number of nitrogens with one attached hydrogen (secondary N) is 1. The summed E-state index contributed by atoms with van der Waals surface area (Å²) in [7, 11) is 1.62. The highest BCUT2D eigenvalue weighted by Crippen LogP contribution is 2.23. The third kappa shape index (κ3) is 3.96. The molecule has 0 bridgehead atoms. The molecule has 1 aliphatic rings. The lowest BCUT2D eigenvalue weighted by atomic mass is 9.87. The Kier molecular flexibility index (Phi) is 4.96. The van der Waals surface area contributed by atoms with Crippen molar-refractivity contribution in [1.29, 1.82) is 0 Å². The Labute approximate surface area is 108 Å². The fourth-order valence-corrected chi connectivity index (χ4v) is 2.41. The van der Waals surface area contributed by atoms with Crippen LogP contribution < -0.4 is 10.1 Å². The van der Waals surface area contributed by atoms with Crippen molar-refractivity contribution in [2.75, 3.05) is 13.7 Å². The van der Waals surface area contributed by atoms with Crippen LogP contribution in [0.3, 0.4) is 0 Å². The molecular weight excluding hydrogens is 228 g/mol. The summed E-state index contributed by atoms with van der Waals surface area (Å²) in [5.74, 6) is 1.36. The number of methoxy groups -OCH3 is 1. The Hall–Kier alpha value is -1.13. The van der Waals surface area contributed by atoms with E-state index in [-0.39, 0.29) is 6.10 Å². The summed E-state index contributed by atoms with van der Waals surface area (Å²) in [5, 5.41) is 12.9. The van der Waals surface area contributed by atoms with Crippen LogP contribution in [0.1, 0.15) is 31.2 Å². The van der Waals surface area contributed by atoms with Gasteiger partial charge in [-0.15, -0.1) is 0 Å². The van der Waals surface area contributed by atoms with E-state index in [1.54, 1.807) is 7.11 Å². The maximum Gasteiger partial charge on any atom is 0.212 e. The maximum atomic E-state index is 9.44. The fourth-order valence-electron chi connectivity index (χ4n) is 2.41. The quantitative estimate of drug-likeness (QED) is 0.835. The second-order valence-electron chi connectivity index (χ2n) is 5.01. The molecule has 1 saturated carbocycles. The zero-order chi connectivity index (χ0) is 12.8. The van der Waals surface area contributed by atoms with E-state index < -0.39 is 0 Å². The number of aliphatic hydroxyl groups is 1. The van der Waals surface area contributed by atoms with E-state index in [2.05, 4.69) is 10.3 Å². The van der Waals surface area contributed by atoms with Crippen molar-refractivity contribution >= 4 is 0 Å². The number of ether oxygens (including phenoxy) is 1. The molecule has 0 radical (unpaired) electrons. The predicted molar refractivity (Wildman–Crippen MR) is 70.5 cm³/mol. The van der Waals surface area contributed by atoms with Gasteiger partial charge in [-0.25, -0.2) is 4.98 Å². The molecule has 1 aromatic rings. The number of rotatable bonds is 5. The minimum Gasteiger partial charge on any atom is -0.481 e. The van der Waals surface area contributed by atoms with E-state index in [1.165, 1.54) is 5.56 Å². The van der Waals surface area contributed by atoms with Gasteiger partial charge in [-0.05, 0) is 43.7 Å². The van der Waals surface area contributed by atoms with Gasteiger partial charge in [0, 0.05) is 18.8 Å². The van der Waals surface area contributed by atoms with Crippen molar-refractivity contribution in [2.24, 2.45) is 5.92 Å². The van der Waals surface area contributed by atoms with Gasteiger partial charge in [0.1, 0.15) is 0 Å². The van der Waals surface area contributed by atoms with Crippen LogP contribution in [-0.4, -0.2) is 29.8 Å². The topological polar surface area (TPSA) is 54.4 Å². The first-order valence-corrected chi connectivity index (χ1v) is 6.65. The van der Waals surface area contributed by atoms with Crippen LogP contribution >= 0.6 is 0 Å². The van der Waals surface area contributed by atoms with Gasteiger partial charge >= 0.3 is 0 Å². The molecule has 1 aromatic heterocycles. The Morgan fingerprint density at radius 1 is 1.33 bits per heavy atom. The lowest BCUT2D eigenvalue weighted by Gasteiger charge is -2.25. The van der Waals surface area contributed by atoms with Gasteiger partial charge in [-0.2, -0.15) is 0 Å². The molecule has 0 spiro atoms. The van der Waals surface area contributed by atoms with E-state index >= 15 is 0 Å². The van der Waals surface area contributed by atoms with Gasteiger partial charge < -0.3 is 15.2 Å². The van der Waals surface area contributed by atoms with Crippen LogP contribution in [0, 0.1) is 5.92 Å². The molecule has 1 heterocycles. The molecule has 2 N–H and O–H groups in total. The maximum absolute atomic E-state index is 9.44. The van der Waals surface area contributed by atoms with E-state index in [0.717, 1.165) is 38.8 Å². The summed E-state index contributed by atoms with van der Waals surface area (Å²) in [6, 6.07) is 3.91. The smallest absolute Gasteiger partial charge is 0.212 e. The number of nitrogens with zero attached hydrogens (tertiary/aromatic N) is 1. The highest BCUT2D eigenvalue weighted by atomic mass is 16.5. The molecule has 1 aliphatic carbocycles. The zero-order valence-corrected chi connectivity index (χ0v) is 10.9. The van der Waals surface area contributed by atoms with Gasteiger partial charge in [0.2, 0.25) is 5.88 Å². The summed E-state index contributed by atoms with van der Waals surface area (Å²) < 4.78 is 5.02. The Morgan fingerprint density at radius 2 is 2.11 bits per heavy atom. The number of pyridine rings is 1. The van der Waals surface area contributed by atoms with Gasteiger partial charge in [-0.1, -0.05) is 6.07 Å². The lowest BCUT2D eigenvalue weighted by Crippen LogP contribution is -2.27. The normalized spacial score (nSPS) is 23.9. The minimum atomic E-state index is -0.0629. The summed E-state index contributed by atoms with van der Waals surface area (Å²) >= 11 is 0. The zero-order valence-electron chi connectivity index (χ0n) is 10.9. The second kappa shape index (κ2) is 6.71. The van der Waals surface area contributed by atoms with E-state index in [0.29, 0.717) is 11.8 Å². The SMILES string of the molecule is COc1ccc(CNCC2CCC(O)CC2)cn1. The Bertz CT molecular complexity index is 345. The van der Waals surface area contributed by atoms with E-state index in [4.69, 9.17) is 4.74 Å². The van der Waals surface area contributed by atoms with Crippen molar-refractivity contribution in [2.45, 2.75) is 38.3 Å². The van der Waals surface area contributed by atoms with Crippen molar-refractivity contribution in [1.82, 2.24) is 10.3 Å². The number of aliphatic hydroxyl groups excluding tert-OH is 1. The molecule has 0 aromatic carbocycles. The average molecular weight is 250 g/mol. The molecule has 1 fully saturated rings. The van der Waals surface area contributed by atoms with Crippen LogP contribution in [0.5, 0.6) is 5.88 Å². The van der Waals surface area contributed by atoms with Crippen molar-refractivity contribution in [3.05, 3.63) is 23.9 Å². The van der Waals surface area contributed by atoms with Crippen LogP contribution in [-0.2, 0) is 6.54 Å². The fraction of sp³-hybridized carbons (Fsp3) is 0.643. The van der Waals surface area contributed by atoms with Crippen LogP contribution in [0.2, 0.25) is 0 Å². The standard InChI is InChI=1S/C14H22N2O2/c1-18-14-7-4-12(10-16-14)9-15-8-11-2-5-13(17)6-3-11/h4,7,10-11,13,15,17H,2-3,5-6,8-9H2,1H3. The molecule has 100 valence electrons. The highest BCUT2D eigenvalue weighted by Gasteiger charge is 2.18. The van der Waals surface area contributed by atoms with E-state index in [9.17, 15) is 5.11 Å². The highest BCUT2D eigenvalue weighted by molar-refractivity contribution is 5.17. The molecule has 0 atom stereocenters. The van der Waals surface area contributed by atoms with Gasteiger partial charge in [0.05, 0.1) is 13.2 Å². The Morgan fingerprint density at radius 3 is 2.72 bits per heavy atom. The molecule has 0 aliphatic heterocycles. The molecule has 4 heteroatoms. The average Bonchev–Trinajstić information content (AvgIpc) is 2.42. The summed E-state index contributed by atoms with van der Waals surface area (Å²) in [4.78, 5) is 4.18. The first-order chi connectivity index (χ1) is 8.78. The van der Waals surface area contributed by atoms with Gasteiger partial charge in [0.15, 0.2) is 0 Å². The van der Waals surface area contributed by atoms with Crippen molar-refractivity contribution in [3.63, 3.8) is 0 Å². The largest absolute Gasteiger partial charge is 0.481 e. The summed E-state index contributed by atoms with van der Waals surface area (Å²) in [6.07, 6.45) is 5.96. The third-order valence-electron chi connectivity index (χ3n) is 3.59. The summed E-state index contributed by atoms with van der Waals surface area (Å²) in [6.45, 7) is 1.87. The predicted octanol–water partition coefficient (Wildman–Crippen LogP) is 1.73. The molecule has 4 nitrogen and oxygen atoms in total. The molecule has 0 saturated heterocycles. The molecular formula is C14H22N2O2. The molecule has 0 amide bonds. The number of aromatic nitrogens is 1. The minimum absolute atomic E-state index is 0.0629. The first-order valence-electron chi connectivity index (χ1n) is 6.65. The summed E-state index contributed by atoms with van der Waals surface area (Å²) in [5.41, 5.74) is 1.17. The first kappa shape index (κ1) is 13.3. The lowest BCUT2D eigenvalue weighted by molar-refractivity contribution is 0.108. The third-order valence-corrected chi connectivity index (χ3v) is 3.59. The van der Waals surface area contributed by atoms with Crippen molar-refractivity contribution in [3.8, 4) is 5.88 Å². The molecule has 2 rings (SSSR count). The monoisotopic (exact) mass is 250 g/mol. The Balaban J connectivity index is 1.68.